The standard InChI is InChI=1S/C11H15ClO3/c1-13-10-6-4-9(5-7-10)11(8-12,14-2)15-3/h4-7H,8H2,1-3H3. The van der Waals surface area contributed by atoms with E-state index in [0.29, 0.717) is 0 Å². The summed E-state index contributed by atoms with van der Waals surface area (Å²) in [7, 11) is 4.75. The molecule has 0 fully saturated rings. The fourth-order valence-corrected chi connectivity index (χ4v) is 1.72. The summed E-state index contributed by atoms with van der Waals surface area (Å²) in [6.45, 7) is 0. The molecule has 0 atom stereocenters. The van der Waals surface area contributed by atoms with Crippen LogP contribution in [0.25, 0.3) is 0 Å². The number of benzene rings is 1. The first kappa shape index (κ1) is 12.3. The molecule has 0 aromatic heterocycles. The van der Waals surface area contributed by atoms with Crippen LogP contribution in [-0.4, -0.2) is 27.2 Å². The summed E-state index contributed by atoms with van der Waals surface area (Å²) in [4.78, 5) is 0. The van der Waals surface area contributed by atoms with E-state index in [-0.39, 0.29) is 5.88 Å². The molecular weight excluding hydrogens is 216 g/mol. The molecule has 0 heterocycles. The summed E-state index contributed by atoms with van der Waals surface area (Å²) in [5.74, 6) is 0.134. The van der Waals surface area contributed by atoms with Gasteiger partial charge in [0.1, 0.15) is 5.75 Å². The second-order valence-electron chi connectivity index (χ2n) is 3.02. The Morgan fingerprint density at radius 1 is 1.07 bits per heavy atom. The van der Waals surface area contributed by atoms with Gasteiger partial charge < -0.3 is 14.2 Å². The van der Waals surface area contributed by atoms with E-state index in [1.807, 2.05) is 24.3 Å². The monoisotopic (exact) mass is 230 g/mol. The summed E-state index contributed by atoms with van der Waals surface area (Å²) in [5, 5.41) is 0. The van der Waals surface area contributed by atoms with Gasteiger partial charge in [0.25, 0.3) is 0 Å². The molecular formula is C11H15ClO3. The first-order chi connectivity index (χ1) is 7.22. The zero-order valence-electron chi connectivity index (χ0n) is 9.12. The molecule has 0 amide bonds. The second-order valence-corrected chi connectivity index (χ2v) is 3.29. The summed E-state index contributed by atoms with van der Waals surface area (Å²) in [5.41, 5.74) is 0.864. The minimum atomic E-state index is -0.881. The fraction of sp³-hybridized carbons (Fsp3) is 0.455. The number of hydrogen-bond donors (Lipinski definition) is 0. The van der Waals surface area contributed by atoms with Crippen LogP contribution in [-0.2, 0) is 15.3 Å². The molecule has 0 radical (unpaired) electrons. The Kier molecular flexibility index (Phi) is 4.39. The number of halogens is 1. The Hall–Kier alpha value is -0.770. The molecule has 84 valence electrons. The molecule has 0 saturated carbocycles. The molecule has 4 heteroatoms. The van der Waals surface area contributed by atoms with Crippen LogP contribution in [0.15, 0.2) is 24.3 Å². The van der Waals surface area contributed by atoms with Crippen molar-refractivity contribution in [2.24, 2.45) is 0 Å². The lowest BCUT2D eigenvalue weighted by Gasteiger charge is -2.29. The maximum absolute atomic E-state index is 5.85. The van der Waals surface area contributed by atoms with Gasteiger partial charge in [-0.15, -0.1) is 11.6 Å². The molecule has 0 saturated heterocycles. The number of rotatable bonds is 5. The predicted molar refractivity (Wildman–Crippen MR) is 59.4 cm³/mol. The largest absolute Gasteiger partial charge is 0.497 e. The van der Waals surface area contributed by atoms with Crippen LogP contribution in [0.3, 0.4) is 0 Å². The minimum absolute atomic E-state index is 0.229. The van der Waals surface area contributed by atoms with E-state index in [4.69, 9.17) is 25.8 Å². The van der Waals surface area contributed by atoms with Gasteiger partial charge in [0, 0.05) is 19.8 Å². The quantitative estimate of drug-likeness (QED) is 0.574. The van der Waals surface area contributed by atoms with Crippen LogP contribution in [0, 0.1) is 0 Å². The van der Waals surface area contributed by atoms with Crippen molar-refractivity contribution in [2.45, 2.75) is 5.79 Å². The maximum Gasteiger partial charge on any atom is 0.208 e. The van der Waals surface area contributed by atoms with Crippen LogP contribution in [0.1, 0.15) is 5.56 Å². The van der Waals surface area contributed by atoms with Gasteiger partial charge in [-0.2, -0.15) is 0 Å². The molecule has 0 aliphatic carbocycles. The van der Waals surface area contributed by atoms with Crippen LogP contribution < -0.4 is 4.74 Å². The highest BCUT2D eigenvalue weighted by Gasteiger charge is 2.30. The predicted octanol–water partition coefficient (Wildman–Crippen LogP) is 2.38. The van der Waals surface area contributed by atoms with Gasteiger partial charge >= 0.3 is 0 Å². The lowest BCUT2D eigenvalue weighted by Crippen LogP contribution is -2.32. The number of ether oxygens (including phenoxy) is 3. The molecule has 0 unspecified atom stereocenters. The fourth-order valence-electron chi connectivity index (χ4n) is 1.35. The van der Waals surface area contributed by atoms with Crippen LogP contribution in [0.2, 0.25) is 0 Å². The SMILES string of the molecule is COc1ccc(C(CCl)(OC)OC)cc1. The Bertz CT molecular complexity index is 285. The molecule has 0 N–H and O–H groups in total. The maximum atomic E-state index is 5.85. The Balaban J connectivity index is 3.01. The van der Waals surface area contributed by atoms with Gasteiger partial charge in [-0.05, 0) is 24.3 Å². The molecule has 0 bridgehead atoms. The van der Waals surface area contributed by atoms with Gasteiger partial charge in [0.2, 0.25) is 5.79 Å². The molecule has 3 nitrogen and oxygen atoms in total. The number of alkyl halides is 1. The van der Waals surface area contributed by atoms with E-state index < -0.39 is 5.79 Å². The van der Waals surface area contributed by atoms with Crippen molar-refractivity contribution in [3.8, 4) is 5.75 Å². The topological polar surface area (TPSA) is 27.7 Å². The second kappa shape index (κ2) is 5.35. The Morgan fingerprint density at radius 2 is 1.60 bits per heavy atom. The first-order valence-electron chi connectivity index (χ1n) is 4.53. The van der Waals surface area contributed by atoms with Crippen molar-refractivity contribution < 1.29 is 14.2 Å². The van der Waals surface area contributed by atoms with Gasteiger partial charge in [-0.1, -0.05) is 0 Å². The molecule has 1 aromatic carbocycles. The minimum Gasteiger partial charge on any atom is -0.497 e. The smallest absolute Gasteiger partial charge is 0.208 e. The Labute approximate surface area is 94.9 Å². The average molecular weight is 231 g/mol. The number of hydrogen-bond acceptors (Lipinski definition) is 3. The molecule has 0 spiro atoms. The van der Waals surface area contributed by atoms with Crippen molar-refractivity contribution in [3.63, 3.8) is 0 Å². The third kappa shape index (κ3) is 2.43. The highest BCUT2D eigenvalue weighted by molar-refractivity contribution is 6.18. The third-order valence-corrected chi connectivity index (χ3v) is 2.72. The van der Waals surface area contributed by atoms with Crippen LogP contribution in [0.5, 0.6) is 5.75 Å². The van der Waals surface area contributed by atoms with Crippen molar-refractivity contribution >= 4 is 11.6 Å². The summed E-state index contributed by atoms with van der Waals surface area (Å²) in [6.07, 6.45) is 0. The molecule has 1 aromatic rings. The van der Waals surface area contributed by atoms with Crippen LogP contribution in [0.4, 0.5) is 0 Å². The summed E-state index contributed by atoms with van der Waals surface area (Å²) in [6, 6.07) is 7.42. The lowest BCUT2D eigenvalue weighted by molar-refractivity contribution is -0.198. The van der Waals surface area contributed by atoms with E-state index in [0.717, 1.165) is 11.3 Å². The average Bonchev–Trinajstić information content (AvgIpc) is 2.33. The number of methoxy groups -OCH3 is 3. The zero-order valence-corrected chi connectivity index (χ0v) is 9.88. The normalized spacial score (nSPS) is 11.5. The van der Waals surface area contributed by atoms with Crippen molar-refractivity contribution in [1.82, 2.24) is 0 Å². The van der Waals surface area contributed by atoms with Gasteiger partial charge in [-0.3, -0.25) is 0 Å². The van der Waals surface area contributed by atoms with Gasteiger partial charge in [0.05, 0.1) is 13.0 Å². The van der Waals surface area contributed by atoms with E-state index in [1.54, 1.807) is 21.3 Å². The van der Waals surface area contributed by atoms with Crippen molar-refractivity contribution in [1.29, 1.82) is 0 Å². The van der Waals surface area contributed by atoms with Gasteiger partial charge in [0.15, 0.2) is 0 Å². The van der Waals surface area contributed by atoms with E-state index in [1.165, 1.54) is 0 Å². The van der Waals surface area contributed by atoms with Crippen molar-refractivity contribution in [3.05, 3.63) is 29.8 Å². The van der Waals surface area contributed by atoms with E-state index >= 15 is 0 Å². The summed E-state index contributed by atoms with van der Waals surface area (Å²) >= 11 is 5.85. The molecule has 0 aliphatic heterocycles. The lowest BCUT2D eigenvalue weighted by atomic mass is 10.1. The van der Waals surface area contributed by atoms with Crippen molar-refractivity contribution in [2.75, 3.05) is 27.2 Å². The highest BCUT2D eigenvalue weighted by Crippen LogP contribution is 2.28. The first-order valence-corrected chi connectivity index (χ1v) is 5.06. The molecule has 0 aliphatic rings. The van der Waals surface area contributed by atoms with Gasteiger partial charge in [-0.25, -0.2) is 0 Å². The Morgan fingerprint density at radius 3 is 1.93 bits per heavy atom. The summed E-state index contributed by atoms with van der Waals surface area (Å²) < 4.78 is 15.7. The van der Waals surface area contributed by atoms with E-state index in [2.05, 4.69) is 0 Å². The zero-order chi connectivity index (χ0) is 11.3. The molecule has 1 rings (SSSR count). The highest BCUT2D eigenvalue weighted by atomic mass is 35.5. The molecule has 15 heavy (non-hydrogen) atoms. The van der Waals surface area contributed by atoms with E-state index in [9.17, 15) is 0 Å². The van der Waals surface area contributed by atoms with Crippen LogP contribution >= 0.6 is 11.6 Å². The third-order valence-electron chi connectivity index (χ3n) is 2.37.